The van der Waals surface area contributed by atoms with Crippen molar-refractivity contribution in [3.63, 3.8) is 0 Å². The van der Waals surface area contributed by atoms with Crippen molar-refractivity contribution in [2.45, 2.75) is 19.5 Å². The van der Waals surface area contributed by atoms with Gasteiger partial charge >= 0.3 is 0 Å². The molecule has 0 unspecified atom stereocenters. The molecule has 0 atom stereocenters. The number of nitrogens with one attached hydrogen (secondary N) is 1. The quantitative estimate of drug-likeness (QED) is 0.694. The van der Waals surface area contributed by atoms with Gasteiger partial charge in [0, 0.05) is 37.4 Å². The Morgan fingerprint density at radius 3 is 2.85 bits per heavy atom. The highest BCUT2D eigenvalue weighted by atomic mass is 35.5. The number of rotatable bonds is 3. The molecule has 3 N–H and O–H groups in total. The third kappa shape index (κ3) is 3.13. The van der Waals surface area contributed by atoms with Crippen LogP contribution in [0.5, 0.6) is 0 Å². The van der Waals surface area contributed by atoms with Gasteiger partial charge in [0.15, 0.2) is 0 Å². The molecular weight excluding hydrogens is 355 g/mol. The molecule has 0 saturated heterocycles. The van der Waals surface area contributed by atoms with Crippen molar-refractivity contribution in [3.8, 4) is 5.69 Å². The molecule has 1 aliphatic heterocycles. The van der Waals surface area contributed by atoms with E-state index in [2.05, 4.69) is 10.00 Å². The number of H-pyrrole nitrogens is 1. The summed E-state index contributed by atoms with van der Waals surface area (Å²) >= 11 is 5.86. The Balaban J connectivity index is 1.59. The fourth-order valence-corrected chi connectivity index (χ4v) is 3.54. The molecule has 0 spiro atoms. The molecule has 2 heterocycles. The van der Waals surface area contributed by atoms with E-state index in [0.717, 1.165) is 35.5 Å². The van der Waals surface area contributed by atoms with Gasteiger partial charge in [-0.05, 0) is 35.9 Å². The number of nitrogens with zero attached hydrogens (tertiary/aromatic N) is 2. The lowest BCUT2D eigenvalue weighted by Crippen LogP contribution is -2.32. The van der Waals surface area contributed by atoms with Gasteiger partial charge in [0.2, 0.25) is 0 Å². The first-order valence-electron chi connectivity index (χ1n) is 8.36. The third-order valence-electron chi connectivity index (χ3n) is 4.65. The van der Waals surface area contributed by atoms with Crippen LogP contribution in [0.2, 0.25) is 5.02 Å². The second kappa shape index (κ2) is 6.63. The van der Waals surface area contributed by atoms with Crippen molar-refractivity contribution in [1.29, 1.82) is 0 Å². The van der Waals surface area contributed by atoms with E-state index in [1.165, 1.54) is 6.07 Å². The summed E-state index contributed by atoms with van der Waals surface area (Å²) in [6, 6.07) is 11.9. The lowest BCUT2D eigenvalue weighted by molar-refractivity contribution is 0.244. The number of nitrogens with two attached hydrogens (primary N) is 1. The number of anilines is 1. The van der Waals surface area contributed by atoms with Crippen molar-refractivity contribution >= 4 is 17.3 Å². The molecule has 0 saturated carbocycles. The van der Waals surface area contributed by atoms with E-state index in [4.69, 9.17) is 17.3 Å². The summed E-state index contributed by atoms with van der Waals surface area (Å²) in [5.74, 6) is -0.424. The van der Waals surface area contributed by atoms with E-state index in [9.17, 15) is 9.18 Å². The maximum atomic E-state index is 13.3. The number of hydrogen-bond donors (Lipinski definition) is 2. The van der Waals surface area contributed by atoms with Crippen LogP contribution in [0.3, 0.4) is 0 Å². The molecule has 0 bridgehead atoms. The number of benzene rings is 2. The van der Waals surface area contributed by atoms with Crippen LogP contribution in [-0.4, -0.2) is 21.2 Å². The molecular formula is C19H18ClFN4O. The fourth-order valence-electron chi connectivity index (χ4n) is 3.34. The molecule has 0 amide bonds. The van der Waals surface area contributed by atoms with E-state index < -0.39 is 5.82 Å². The lowest BCUT2D eigenvalue weighted by Gasteiger charge is -2.25. The minimum atomic E-state index is -0.424. The van der Waals surface area contributed by atoms with E-state index in [-0.39, 0.29) is 10.6 Å². The molecule has 3 aromatic rings. The highest BCUT2D eigenvalue weighted by Gasteiger charge is 2.23. The number of aromatic nitrogens is 2. The summed E-state index contributed by atoms with van der Waals surface area (Å²) in [5.41, 5.74) is 9.72. The first-order valence-corrected chi connectivity index (χ1v) is 8.74. The van der Waals surface area contributed by atoms with Crippen LogP contribution < -0.4 is 11.3 Å². The zero-order valence-electron chi connectivity index (χ0n) is 14.0. The average molecular weight is 373 g/mol. The number of hydrogen-bond acceptors (Lipinski definition) is 3. The first-order chi connectivity index (χ1) is 12.5. The Morgan fingerprint density at radius 2 is 2.08 bits per heavy atom. The van der Waals surface area contributed by atoms with Gasteiger partial charge in [0.25, 0.3) is 5.56 Å². The smallest absolute Gasteiger partial charge is 0.275 e. The second-order valence-corrected chi connectivity index (χ2v) is 6.92. The van der Waals surface area contributed by atoms with Crippen LogP contribution in [-0.2, 0) is 19.5 Å². The van der Waals surface area contributed by atoms with Gasteiger partial charge in [-0.3, -0.25) is 14.8 Å². The van der Waals surface area contributed by atoms with Crippen molar-refractivity contribution in [3.05, 3.63) is 80.5 Å². The zero-order chi connectivity index (χ0) is 18.3. The largest absolute Gasteiger partial charge is 0.399 e. The molecule has 5 nitrogen and oxygen atoms in total. The highest BCUT2D eigenvalue weighted by Crippen LogP contribution is 2.21. The predicted octanol–water partition coefficient (Wildman–Crippen LogP) is 3.10. The van der Waals surface area contributed by atoms with Crippen molar-refractivity contribution in [2.24, 2.45) is 0 Å². The number of aromatic amines is 1. The Morgan fingerprint density at radius 1 is 1.23 bits per heavy atom. The molecule has 1 aliphatic rings. The van der Waals surface area contributed by atoms with E-state index >= 15 is 0 Å². The Bertz CT molecular complexity index is 1030. The van der Waals surface area contributed by atoms with Gasteiger partial charge in [-0.2, -0.15) is 0 Å². The standard InChI is InChI=1S/C19H18ClFN4O/c20-16-8-12(4-5-17(16)21)10-24-7-6-18-15(11-24)19(26)25(23-18)14-3-1-2-13(22)9-14/h1-5,8-9,23H,6-7,10-11,22H2. The maximum Gasteiger partial charge on any atom is 0.275 e. The summed E-state index contributed by atoms with van der Waals surface area (Å²) in [6.45, 7) is 1.95. The minimum Gasteiger partial charge on any atom is -0.399 e. The molecule has 0 aliphatic carbocycles. The Kier molecular flexibility index (Phi) is 4.30. The van der Waals surface area contributed by atoms with Gasteiger partial charge in [-0.25, -0.2) is 9.07 Å². The van der Waals surface area contributed by atoms with Crippen LogP contribution in [0.1, 0.15) is 16.8 Å². The van der Waals surface area contributed by atoms with Crippen LogP contribution >= 0.6 is 11.6 Å². The van der Waals surface area contributed by atoms with Gasteiger partial charge in [-0.15, -0.1) is 0 Å². The lowest BCUT2D eigenvalue weighted by atomic mass is 10.1. The molecule has 134 valence electrons. The highest BCUT2D eigenvalue weighted by molar-refractivity contribution is 6.30. The SMILES string of the molecule is Nc1cccc(-n2[nH]c3c(c2=O)CN(Cc2ccc(F)c(Cl)c2)CC3)c1. The molecule has 4 rings (SSSR count). The first kappa shape index (κ1) is 16.9. The third-order valence-corrected chi connectivity index (χ3v) is 4.94. The van der Waals surface area contributed by atoms with Crippen molar-refractivity contribution in [1.82, 2.24) is 14.7 Å². The Hall–Kier alpha value is -2.57. The van der Waals surface area contributed by atoms with E-state index in [0.29, 0.717) is 18.8 Å². The summed E-state index contributed by atoms with van der Waals surface area (Å²) < 4.78 is 14.9. The molecule has 2 aromatic carbocycles. The van der Waals surface area contributed by atoms with Gasteiger partial charge in [-0.1, -0.05) is 23.7 Å². The predicted molar refractivity (Wildman–Crippen MR) is 100 cm³/mol. The van der Waals surface area contributed by atoms with Crippen LogP contribution in [0.25, 0.3) is 5.69 Å². The number of fused-ring (bicyclic) bond motifs is 1. The normalized spacial score (nSPS) is 14.4. The number of nitrogen functional groups attached to an aromatic ring is 1. The molecule has 26 heavy (non-hydrogen) atoms. The monoisotopic (exact) mass is 372 g/mol. The van der Waals surface area contributed by atoms with Gasteiger partial charge < -0.3 is 5.73 Å². The average Bonchev–Trinajstić information content (AvgIpc) is 2.95. The zero-order valence-corrected chi connectivity index (χ0v) is 14.8. The summed E-state index contributed by atoms with van der Waals surface area (Å²) in [5, 5.41) is 3.31. The molecule has 0 radical (unpaired) electrons. The van der Waals surface area contributed by atoms with Crippen LogP contribution in [0, 0.1) is 5.82 Å². The van der Waals surface area contributed by atoms with E-state index in [1.54, 1.807) is 28.9 Å². The van der Waals surface area contributed by atoms with Crippen LogP contribution in [0.15, 0.2) is 47.3 Å². The van der Waals surface area contributed by atoms with Crippen LogP contribution in [0.4, 0.5) is 10.1 Å². The van der Waals surface area contributed by atoms with Crippen molar-refractivity contribution in [2.75, 3.05) is 12.3 Å². The summed E-state index contributed by atoms with van der Waals surface area (Å²) in [7, 11) is 0. The molecule has 7 heteroatoms. The Labute approximate surface area is 154 Å². The van der Waals surface area contributed by atoms with Gasteiger partial charge in [0.1, 0.15) is 5.82 Å². The fraction of sp³-hybridized carbons (Fsp3) is 0.211. The van der Waals surface area contributed by atoms with Gasteiger partial charge in [0.05, 0.1) is 16.3 Å². The molecule has 1 aromatic heterocycles. The van der Waals surface area contributed by atoms with E-state index in [1.807, 2.05) is 12.1 Å². The topological polar surface area (TPSA) is 67.0 Å². The minimum absolute atomic E-state index is 0.0626. The maximum absolute atomic E-state index is 13.3. The molecule has 0 fully saturated rings. The second-order valence-electron chi connectivity index (χ2n) is 6.51. The summed E-state index contributed by atoms with van der Waals surface area (Å²) in [6.07, 6.45) is 0.745. The number of halogens is 2. The summed E-state index contributed by atoms with van der Waals surface area (Å²) in [4.78, 5) is 15.0. The van der Waals surface area contributed by atoms with Crippen molar-refractivity contribution < 1.29 is 4.39 Å².